The highest BCUT2D eigenvalue weighted by molar-refractivity contribution is 7.99. The minimum Gasteiger partial charge on any atom is -0.489 e. The molecule has 2 heterocycles. The predicted octanol–water partition coefficient (Wildman–Crippen LogP) is 6.46. The average molecular weight is 516 g/mol. The Hall–Kier alpha value is -2.76. The molecule has 3 aromatic carbocycles. The Kier molecular flexibility index (Phi) is 8.85. The highest BCUT2D eigenvalue weighted by atomic mass is 32.2. The number of ether oxygens (including phenoxy) is 2. The molecule has 1 atom stereocenters. The molecule has 2 aliphatic rings. The molecule has 1 saturated heterocycles. The maximum Gasteiger partial charge on any atom is 0.305 e. The van der Waals surface area contributed by atoms with Gasteiger partial charge in [-0.05, 0) is 73.0 Å². The first kappa shape index (κ1) is 25.9. The van der Waals surface area contributed by atoms with Gasteiger partial charge < -0.3 is 14.4 Å². The summed E-state index contributed by atoms with van der Waals surface area (Å²) in [5.74, 6) is 2.66. The second-order valence-electron chi connectivity index (χ2n) is 10.2. The standard InChI is InChI=1S/C32H37NO3S/c1-35-31(34)14-12-25-11-13-30-29(22-25)32(28-10-6-5-9-27(28)23-36-30)37-20-19-33-17-15-26(16-18-33)21-24-7-3-2-4-8-24/h2-11,13,22,26,32H,12,14-21,23H2,1H3. The van der Waals surface area contributed by atoms with Crippen molar-refractivity contribution >= 4 is 17.7 Å². The van der Waals surface area contributed by atoms with Crippen LogP contribution in [0.4, 0.5) is 0 Å². The van der Waals surface area contributed by atoms with Crippen LogP contribution in [0.2, 0.25) is 0 Å². The van der Waals surface area contributed by atoms with Crippen molar-refractivity contribution in [2.75, 3.05) is 32.5 Å². The summed E-state index contributed by atoms with van der Waals surface area (Å²) in [4.78, 5) is 14.3. The third kappa shape index (κ3) is 6.77. The van der Waals surface area contributed by atoms with Crippen LogP contribution in [0, 0.1) is 5.92 Å². The van der Waals surface area contributed by atoms with Crippen LogP contribution in [-0.2, 0) is 29.0 Å². The van der Waals surface area contributed by atoms with Gasteiger partial charge in [-0.2, -0.15) is 0 Å². The smallest absolute Gasteiger partial charge is 0.305 e. The summed E-state index contributed by atoms with van der Waals surface area (Å²) in [6.07, 6.45) is 4.84. The van der Waals surface area contributed by atoms with Gasteiger partial charge in [0.05, 0.1) is 12.4 Å². The molecule has 5 rings (SSSR count). The molecule has 5 heteroatoms. The number of esters is 1. The molecule has 0 N–H and O–H groups in total. The number of hydrogen-bond acceptors (Lipinski definition) is 5. The van der Waals surface area contributed by atoms with Crippen molar-refractivity contribution in [3.63, 3.8) is 0 Å². The number of rotatable bonds is 9. The molecule has 0 bridgehead atoms. The fourth-order valence-corrected chi connectivity index (χ4v) is 6.90. The van der Waals surface area contributed by atoms with Crippen LogP contribution < -0.4 is 4.74 Å². The van der Waals surface area contributed by atoms with E-state index in [1.54, 1.807) is 0 Å². The molecular weight excluding hydrogens is 478 g/mol. The number of aryl methyl sites for hydroxylation is 1. The Balaban J connectivity index is 1.22. The number of carbonyl (C=O) groups is 1. The van der Waals surface area contributed by atoms with Gasteiger partial charge in [0, 0.05) is 24.3 Å². The molecule has 2 aliphatic heterocycles. The molecule has 0 amide bonds. The SMILES string of the molecule is COC(=O)CCc1ccc2c(c1)C(SCCN1CCC(Cc3ccccc3)CC1)c1ccccc1CO2. The monoisotopic (exact) mass is 515 g/mol. The van der Waals surface area contributed by atoms with E-state index < -0.39 is 0 Å². The van der Waals surface area contributed by atoms with Crippen molar-refractivity contribution in [3.8, 4) is 5.75 Å². The van der Waals surface area contributed by atoms with E-state index >= 15 is 0 Å². The Bertz CT molecular complexity index is 1170. The van der Waals surface area contributed by atoms with Gasteiger partial charge in [0.2, 0.25) is 0 Å². The predicted molar refractivity (Wildman–Crippen MR) is 151 cm³/mol. The first-order valence-corrected chi connectivity index (χ1v) is 14.5. The molecule has 3 aromatic rings. The lowest BCUT2D eigenvalue weighted by Gasteiger charge is -2.32. The van der Waals surface area contributed by atoms with Crippen molar-refractivity contribution in [1.82, 2.24) is 4.90 Å². The topological polar surface area (TPSA) is 38.8 Å². The number of methoxy groups -OCH3 is 1. The highest BCUT2D eigenvalue weighted by Gasteiger charge is 2.26. The molecule has 1 unspecified atom stereocenters. The Labute approximate surface area is 225 Å². The van der Waals surface area contributed by atoms with Gasteiger partial charge in [0.25, 0.3) is 0 Å². The first-order valence-electron chi connectivity index (χ1n) is 13.5. The van der Waals surface area contributed by atoms with E-state index in [2.05, 4.69) is 77.7 Å². The highest BCUT2D eigenvalue weighted by Crippen LogP contribution is 2.44. The third-order valence-electron chi connectivity index (χ3n) is 7.69. The minimum absolute atomic E-state index is 0.171. The number of hydrogen-bond donors (Lipinski definition) is 0. The summed E-state index contributed by atoms with van der Waals surface area (Å²) in [5, 5.41) is 0.224. The van der Waals surface area contributed by atoms with Crippen LogP contribution in [0.5, 0.6) is 5.75 Å². The van der Waals surface area contributed by atoms with E-state index in [4.69, 9.17) is 9.47 Å². The maximum atomic E-state index is 11.7. The summed E-state index contributed by atoms with van der Waals surface area (Å²) >= 11 is 2.02. The van der Waals surface area contributed by atoms with Crippen LogP contribution >= 0.6 is 11.8 Å². The van der Waals surface area contributed by atoms with Gasteiger partial charge in [-0.25, -0.2) is 0 Å². The molecule has 194 valence electrons. The normalized spacial score (nSPS) is 17.8. The fourth-order valence-electron chi connectivity index (χ4n) is 5.52. The Morgan fingerprint density at radius 2 is 1.76 bits per heavy atom. The van der Waals surface area contributed by atoms with Crippen molar-refractivity contribution in [2.24, 2.45) is 5.92 Å². The van der Waals surface area contributed by atoms with E-state index in [0.717, 1.165) is 29.5 Å². The second-order valence-corrected chi connectivity index (χ2v) is 11.4. The summed E-state index contributed by atoms with van der Waals surface area (Å²) in [6, 6.07) is 26.0. The largest absolute Gasteiger partial charge is 0.489 e. The quantitative estimate of drug-likeness (QED) is 0.306. The molecule has 0 radical (unpaired) electrons. The van der Waals surface area contributed by atoms with E-state index in [-0.39, 0.29) is 11.2 Å². The van der Waals surface area contributed by atoms with Crippen LogP contribution in [0.3, 0.4) is 0 Å². The lowest BCUT2D eigenvalue weighted by molar-refractivity contribution is -0.140. The van der Waals surface area contributed by atoms with Gasteiger partial charge >= 0.3 is 5.97 Å². The zero-order chi connectivity index (χ0) is 25.5. The molecule has 0 saturated carbocycles. The number of piperidine rings is 1. The number of benzene rings is 3. The van der Waals surface area contributed by atoms with Crippen molar-refractivity contribution in [2.45, 2.75) is 44.0 Å². The number of carbonyl (C=O) groups excluding carboxylic acids is 1. The van der Waals surface area contributed by atoms with Crippen LogP contribution in [-0.4, -0.2) is 43.4 Å². The average Bonchev–Trinajstić information content (AvgIpc) is 3.10. The van der Waals surface area contributed by atoms with Crippen LogP contribution in [0.1, 0.15) is 52.3 Å². The molecule has 4 nitrogen and oxygen atoms in total. The van der Waals surface area contributed by atoms with Gasteiger partial charge in [0.15, 0.2) is 0 Å². The van der Waals surface area contributed by atoms with Crippen molar-refractivity contribution in [1.29, 1.82) is 0 Å². The molecule has 1 fully saturated rings. The molecule has 0 aromatic heterocycles. The van der Waals surface area contributed by atoms with Crippen molar-refractivity contribution < 1.29 is 14.3 Å². The molecule has 0 spiro atoms. The molecule has 37 heavy (non-hydrogen) atoms. The number of thioether (sulfide) groups is 1. The van der Waals surface area contributed by atoms with E-state index in [1.807, 2.05) is 11.8 Å². The summed E-state index contributed by atoms with van der Waals surface area (Å²) in [7, 11) is 1.45. The van der Waals surface area contributed by atoms with Gasteiger partial charge in [-0.15, -0.1) is 11.8 Å². The molecular formula is C32H37NO3S. The fraction of sp³-hybridized carbons (Fsp3) is 0.406. The van der Waals surface area contributed by atoms with E-state index in [0.29, 0.717) is 19.4 Å². The van der Waals surface area contributed by atoms with Gasteiger partial charge in [0.1, 0.15) is 12.4 Å². The summed E-state index contributed by atoms with van der Waals surface area (Å²) < 4.78 is 11.1. The van der Waals surface area contributed by atoms with E-state index in [9.17, 15) is 4.79 Å². The van der Waals surface area contributed by atoms with E-state index in [1.165, 1.54) is 61.7 Å². The van der Waals surface area contributed by atoms with Gasteiger partial charge in [-0.3, -0.25) is 4.79 Å². The van der Waals surface area contributed by atoms with Crippen LogP contribution in [0.15, 0.2) is 72.8 Å². The van der Waals surface area contributed by atoms with Gasteiger partial charge in [-0.1, -0.05) is 66.7 Å². The third-order valence-corrected chi connectivity index (χ3v) is 8.95. The first-order chi connectivity index (χ1) is 18.2. The summed E-state index contributed by atoms with van der Waals surface area (Å²) in [5.41, 5.74) is 6.44. The minimum atomic E-state index is -0.171. The zero-order valence-electron chi connectivity index (χ0n) is 21.7. The Morgan fingerprint density at radius 3 is 2.57 bits per heavy atom. The second kappa shape index (κ2) is 12.7. The Morgan fingerprint density at radius 1 is 0.973 bits per heavy atom. The lowest BCUT2D eigenvalue weighted by Crippen LogP contribution is -2.35. The zero-order valence-corrected chi connectivity index (χ0v) is 22.6. The number of fused-ring (bicyclic) bond motifs is 2. The molecule has 0 aliphatic carbocycles. The van der Waals surface area contributed by atoms with Crippen molar-refractivity contribution in [3.05, 3.63) is 101 Å². The summed E-state index contributed by atoms with van der Waals surface area (Å²) in [6.45, 7) is 4.09. The van der Waals surface area contributed by atoms with Crippen LogP contribution in [0.25, 0.3) is 0 Å². The number of nitrogens with zero attached hydrogens (tertiary/aromatic N) is 1. The lowest BCUT2D eigenvalue weighted by atomic mass is 9.90. The maximum absolute atomic E-state index is 11.7. The number of likely N-dealkylation sites (tertiary alicyclic amines) is 1.